The van der Waals surface area contributed by atoms with E-state index in [1.165, 1.54) is 6.07 Å². The molecule has 2 rings (SSSR count). The Bertz CT molecular complexity index is 661. The minimum absolute atomic E-state index is 0. The summed E-state index contributed by atoms with van der Waals surface area (Å²) >= 11 is 0. The lowest BCUT2D eigenvalue weighted by molar-refractivity contribution is -0.384. The Labute approximate surface area is 176 Å². The van der Waals surface area contributed by atoms with Gasteiger partial charge in [0.25, 0.3) is 5.69 Å². The van der Waals surface area contributed by atoms with Crippen LogP contribution >= 0.6 is 24.0 Å². The average Bonchev–Trinajstić information content (AvgIpc) is 2.65. The van der Waals surface area contributed by atoms with E-state index in [-0.39, 0.29) is 41.6 Å². The first-order valence-corrected chi connectivity index (χ1v) is 8.98. The Balaban J connectivity index is 0.00000364. The number of carbonyl (C=O) groups is 1. The number of esters is 1. The van der Waals surface area contributed by atoms with Gasteiger partial charge in [-0.3, -0.25) is 14.9 Å². The summed E-state index contributed by atoms with van der Waals surface area (Å²) in [5.41, 5.74) is 0.856. The molecular formula is C18H27IN4O4. The number of non-ortho nitro benzene ring substituents is 1. The van der Waals surface area contributed by atoms with Crippen LogP contribution in [0.5, 0.6) is 0 Å². The molecule has 9 heteroatoms. The molecule has 1 saturated heterocycles. The zero-order valence-corrected chi connectivity index (χ0v) is 18.0. The Morgan fingerprint density at radius 2 is 2.07 bits per heavy atom. The van der Waals surface area contributed by atoms with Crippen LogP contribution in [0.4, 0.5) is 5.69 Å². The van der Waals surface area contributed by atoms with Gasteiger partial charge in [0, 0.05) is 31.8 Å². The predicted molar refractivity (Wildman–Crippen MR) is 114 cm³/mol. The molecule has 1 aromatic rings. The van der Waals surface area contributed by atoms with Crippen LogP contribution in [0.3, 0.4) is 0 Å². The van der Waals surface area contributed by atoms with Crippen LogP contribution in [0.2, 0.25) is 0 Å². The van der Waals surface area contributed by atoms with Crippen molar-refractivity contribution in [2.24, 2.45) is 10.9 Å². The van der Waals surface area contributed by atoms with E-state index in [2.05, 4.69) is 15.2 Å². The number of guanidine groups is 1. The molecule has 0 aliphatic carbocycles. The third kappa shape index (κ3) is 6.96. The number of nitrogens with one attached hydrogen (secondary N) is 1. The molecule has 0 atom stereocenters. The molecular weight excluding hydrogens is 463 g/mol. The smallest absolute Gasteiger partial charge is 0.309 e. The average molecular weight is 490 g/mol. The van der Waals surface area contributed by atoms with E-state index in [1.54, 1.807) is 12.1 Å². The van der Waals surface area contributed by atoms with Crippen LogP contribution in [-0.2, 0) is 16.1 Å². The van der Waals surface area contributed by atoms with Gasteiger partial charge in [-0.15, -0.1) is 24.0 Å². The monoisotopic (exact) mass is 490 g/mol. The first-order chi connectivity index (χ1) is 12.5. The summed E-state index contributed by atoms with van der Waals surface area (Å²) in [5, 5.41) is 14.1. The lowest BCUT2D eigenvalue weighted by atomic mass is 9.97. The third-order valence-corrected chi connectivity index (χ3v) is 4.28. The number of carbonyl (C=O) groups excluding carboxylic acids is 1. The second kappa shape index (κ2) is 11.7. The van der Waals surface area contributed by atoms with Crippen molar-refractivity contribution in [1.29, 1.82) is 0 Å². The summed E-state index contributed by atoms with van der Waals surface area (Å²) in [6.45, 7) is 6.76. The van der Waals surface area contributed by atoms with Gasteiger partial charge in [-0.1, -0.05) is 12.1 Å². The highest BCUT2D eigenvalue weighted by Crippen LogP contribution is 2.19. The Kier molecular flexibility index (Phi) is 10.0. The van der Waals surface area contributed by atoms with Gasteiger partial charge in [-0.05, 0) is 32.3 Å². The second-order valence-electron chi connectivity index (χ2n) is 6.11. The van der Waals surface area contributed by atoms with Crippen molar-refractivity contribution in [3.8, 4) is 0 Å². The molecule has 0 amide bonds. The number of hydrogen-bond donors (Lipinski definition) is 1. The normalized spacial score (nSPS) is 15.0. The maximum atomic E-state index is 11.9. The van der Waals surface area contributed by atoms with Crippen LogP contribution in [0.15, 0.2) is 29.3 Å². The highest BCUT2D eigenvalue weighted by molar-refractivity contribution is 14.0. The number of ether oxygens (including phenoxy) is 1. The fourth-order valence-corrected chi connectivity index (χ4v) is 2.95. The standard InChI is InChI=1S/C18H26N4O4.HI/c1-3-19-18(20-13-14-6-5-7-16(12-14)22(24)25)21-10-8-15(9-11-21)17(23)26-4-2;/h5-7,12,15H,3-4,8-11,13H2,1-2H3,(H,19,20);1H. The van der Waals surface area contributed by atoms with Gasteiger partial charge in [0.05, 0.1) is 24.0 Å². The quantitative estimate of drug-likeness (QED) is 0.165. The van der Waals surface area contributed by atoms with Crippen molar-refractivity contribution in [2.75, 3.05) is 26.2 Å². The van der Waals surface area contributed by atoms with E-state index in [0.717, 1.165) is 44.0 Å². The summed E-state index contributed by atoms with van der Waals surface area (Å²) in [6.07, 6.45) is 1.47. The Morgan fingerprint density at radius 1 is 1.37 bits per heavy atom. The molecule has 0 bridgehead atoms. The van der Waals surface area contributed by atoms with E-state index >= 15 is 0 Å². The number of nitrogens with zero attached hydrogens (tertiary/aromatic N) is 3. The van der Waals surface area contributed by atoms with E-state index in [4.69, 9.17) is 4.74 Å². The van der Waals surface area contributed by atoms with E-state index in [9.17, 15) is 14.9 Å². The Hall–Kier alpha value is -1.91. The Morgan fingerprint density at radius 3 is 2.67 bits per heavy atom. The first kappa shape index (κ1) is 23.1. The molecule has 0 unspecified atom stereocenters. The molecule has 1 aliphatic heterocycles. The third-order valence-electron chi connectivity index (χ3n) is 4.28. The number of benzene rings is 1. The second-order valence-corrected chi connectivity index (χ2v) is 6.11. The topological polar surface area (TPSA) is 97.1 Å². The number of rotatable bonds is 6. The van der Waals surface area contributed by atoms with Gasteiger partial charge in [0.1, 0.15) is 0 Å². The fourth-order valence-electron chi connectivity index (χ4n) is 2.95. The molecule has 150 valence electrons. The summed E-state index contributed by atoms with van der Waals surface area (Å²) in [5.74, 6) is 0.595. The number of likely N-dealkylation sites (tertiary alicyclic amines) is 1. The largest absolute Gasteiger partial charge is 0.466 e. The predicted octanol–water partition coefficient (Wildman–Crippen LogP) is 2.95. The van der Waals surface area contributed by atoms with Crippen molar-refractivity contribution in [3.63, 3.8) is 0 Å². The van der Waals surface area contributed by atoms with Crippen molar-refractivity contribution < 1.29 is 14.5 Å². The number of aliphatic imine (C=N–C) groups is 1. The van der Waals surface area contributed by atoms with Crippen molar-refractivity contribution in [1.82, 2.24) is 10.2 Å². The van der Waals surface area contributed by atoms with Crippen LogP contribution in [-0.4, -0.2) is 48.0 Å². The minimum Gasteiger partial charge on any atom is -0.466 e. The summed E-state index contributed by atoms with van der Waals surface area (Å²) in [7, 11) is 0. The van der Waals surface area contributed by atoms with Crippen LogP contribution < -0.4 is 5.32 Å². The van der Waals surface area contributed by atoms with E-state index in [0.29, 0.717) is 13.2 Å². The molecule has 8 nitrogen and oxygen atoms in total. The van der Waals surface area contributed by atoms with Crippen molar-refractivity contribution in [3.05, 3.63) is 39.9 Å². The van der Waals surface area contributed by atoms with Gasteiger partial charge < -0.3 is 15.0 Å². The fraction of sp³-hybridized carbons (Fsp3) is 0.556. The lowest BCUT2D eigenvalue weighted by Crippen LogP contribution is -2.46. The van der Waals surface area contributed by atoms with Crippen molar-refractivity contribution in [2.45, 2.75) is 33.2 Å². The van der Waals surface area contributed by atoms with Gasteiger partial charge in [-0.2, -0.15) is 0 Å². The molecule has 27 heavy (non-hydrogen) atoms. The van der Waals surface area contributed by atoms with Crippen LogP contribution in [0.1, 0.15) is 32.3 Å². The molecule has 0 aromatic heterocycles. The lowest BCUT2D eigenvalue weighted by Gasteiger charge is -2.33. The first-order valence-electron chi connectivity index (χ1n) is 8.98. The molecule has 0 saturated carbocycles. The summed E-state index contributed by atoms with van der Waals surface area (Å²) in [6, 6.07) is 6.51. The molecule has 1 fully saturated rings. The molecule has 0 radical (unpaired) electrons. The van der Waals surface area contributed by atoms with Crippen LogP contribution in [0, 0.1) is 16.0 Å². The zero-order valence-electron chi connectivity index (χ0n) is 15.7. The van der Waals surface area contributed by atoms with E-state index < -0.39 is 4.92 Å². The molecule has 0 spiro atoms. The summed E-state index contributed by atoms with van der Waals surface area (Å²) in [4.78, 5) is 29.1. The highest BCUT2D eigenvalue weighted by atomic mass is 127. The van der Waals surface area contributed by atoms with Crippen molar-refractivity contribution >= 4 is 41.6 Å². The number of halogens is 1. The highest BCUT2D eigenvalue weighted by Gasteiger charge is 2.27. The number of nitro groups is 1. The van der Waals surface area contributed by atoms with Gasteiger partial charge >= 0.3 is 5.97 Å². The number of piperidine rings is 1. The molecule has 1 aromatic carbocycles. The molecule has 1 heterocycles. The van der Waals surface area contributed by atoms with Crippen LogP contribution in [0.25, 0.3) is 0 Å². The SMILES string of the molecule is CCNC(=NCc1cccc([N+](=O)[O-])c1)N1CCC(C(=O)OCC)CC1.I. The number of nitro benzene ring substituents is 1. The molecule has 1 N–H and O–H groups in total. The summed E-state index contributed by atoms with van der Waals surface area (Å²) < 4.78 is 5.10. The van der Waals surface area contributed by atoms with Gasteiger partial charge in [0.2, 0.25) is 0 Å². The van der Waals surface area contributed by atoms with E-state index in [1.807, 2.05) is 19.9 Å². The zero-order chi connectivity index (χ0) is 18.9. The maximum absolute atomic E-state index is 11.9. The maximum Gasteiger partial charge on any atom is 0.309 e. The van der Waals surface area contributed by atoms with Gasteiger partial charge in [-0.25, -0.2) is 4.99 Å². The molecule has 1 aliphatic rings. The minimum atomic E-state index is -0.404. The van der Waals surface area contributed by atoms with Gasteiger partial charge in [0.15, 0.2) is 5.96 Å². The number of hydrogen-bond acceptors (Lipinski definition) is 5.